The van der Waals surface area contributed by atoms with Crippen molar-refractivity contribution in [1.29, 1.82) is 0 Å². The lowest BCUT2D eigenvalue weighted by atomic mass is 10.0. The second-order valence-corrected chi connectivity index (χ2v) is 5.55. The fraction of sp³-hybridized carbons (Fsp3) is 1.00. The van der Waals surface area contributed by atoms with Crippen LogP contribution >= 0.6 is 0 Å². The second-order valence-electron chi connectivity index (χ2n) is 3.56. The number of nitrogens with zero attached hydrogens (tertiary/aromatic N) is 1. The minimum atomic E-state index is -2.92. The molecule has 1 unspecified atom stereocenters. The van der Waals surface area contributed by atoms with Crippen molar-refractivity contribution in [2.75, 3.05) is 19.3 Å². The van der Waals surface area contributed by atoms with Gasteiger partial charge in [0.15, 0.2) is 0 Å². The van der Waals surface area contributed by atoms with Gasteiger partial charge >= 0.3 is 0 Å². The molecule has 1 rings (SSSR count). The van der Waals surface area contributed by atoms with Gasteiger partial charge in [-0.25, -0.2) is 12.7 Å². The molecule has 0 spiro atoms. The van der Waals surface area contributed by atoms with Gasteiger partial charge < -0.3 is 0 Å². The first-order valence-electron chi connectivity index (χ1n) is 4.49. The van der Waals surface area contributed by atoms with Crippen LogP contribution in [0.1, 0.15) is 26.2 Å². The molecular formula is C8H17NO2S. The molecule has 1 fully saturated rings. The van der Waals surface area contributed by atoms with Crippen molar-refractivity contribution in [2.45, 2.75) is 26.2 Å². The molecule has 1 saturated heterocycles. The van der Waals surface area contributed by atoms with Crippen molar-refractivity contribution >= 4 is 10.0 Å². The van der Waals surface area contributed by atoms with Crippen LogP contribution in [0.3, 0.4) is 0 Å². The number of sulfonamides is 1. The molecular weight excluding hydrogens is 174 g/mol. The standard InChI is InChI=1S/C8H17NO2S/c1-3-4-8-5-6-9(7-8)12(2,10)11/h8H,3-7H2,1-2H3. The summed E-state index contributed by atoms with van der Waals surface area (Å²) in [5, 5.41) is 0. The third kappa shape index (κ3) is 2.45. The molecule has 3 nitrogen and oxygen atoms in total. The highest BCUT2D eigenvalue weighted by atomic mass is 32.2. The third-order valence-corrected chi connectivity index (χ3v) is 3.68. The molecule has 12 heavy (non-hydrogen) atoms. The summed E-state index contributed by atoms with van der Waals surface area (Å²) >= 11 is 0. The molecule has 72 valence electrons. The van der Waals surface area contributed by atoms with E-state index in [0.717, 1.165) is 32.4 Å². The molecule has 0 amide bonds. The lowest BCUT2D eigenvalue weighted by molar-refractivity contribution is 0.448. The van der Waals surface area contributed by atoms with Crippen molar-refractivity contribution in [3.63, 3.8) is 0 Å². The largest absolute Gasteiger partial charge is 0.213 e. The summed E-state index contributed by atoms with van der Waals surface area (Å²) in [7, 11) is -2.92. The van der Waals surface area contributed by atoms with Gasteiger partial charge in [-0.3, -0.25) is 0 Å². The smallest absolute Gasteiger partial charge is 0.211 e. The normalized spacial score (nSPS) is 26.3. The molecule has 4 heteroatoms. The Hall–Kier alpha value is -0.0900. The number of hydrogen-bond donors (Lipinski definition) is 0. The van der Waals surface area contributed by atoms with Gasteiger partial charge in [-0.1, -0.05) is 13.3 Å². The predicted octanol–water partition coefficient (Wildman–Crippen LogP) is 1.07. The molecule has 1 aliphatic rings. The van der Waals surface area contributed by atoms with Crippen LogP contribution < -0.4 is 0 Å². The maximum absolute atomic E-state index is 11.1. The van der Waals surface area contributed by atoms with E-state index >= 15 is 0 Å². The van der Waals surface area contributed by atoms with E-state index in [4.69, 9.17) is 0 Å². The zero-order chi connectivity index (χ0) is 9.19. The lowest BCUT2D eigenvalue weighted by Crippen LogP contribution is -2.27. The van der Waals surface area contributed by atoms with Gasteiger partial charge in [-0.15, -0.1) is 0 Å². The number of hydrogen-bond acceptors (Lipinski definition) is 2. The zero-order valence-electron chi connectivity index (χ0n) is 7.78. The molecule has 0 N–H and O–H groups in total. The van der Waals surface area contributed by atoms with Crippen LogP contribution in [0.25, 0.3) is 0 Å². The van der Waals surface area contributed by atoms with E-state index < -0.39 is 10.0 Å². The van der Waals surface area contributed by atoms with Crippen LogP contribution in [-0.2, 0) is 10.0 Å². The summed E-state index contributed by atoms with van der Waals surface area (Å²) in [6, 6.07) is 0. The molecule has 0 bridgehead atoms. The summed E-state index contributed by atoms with van der Waals surface area (Å²) in [5.41, 5.74) is 0. The zero-order valence-corrected chi connectivity index (χ0v) is 8.60. The van der Waals surface area contributed by atoms with E-state index in [2.05, 4.69) is 6.92 Å². The summed E-state index contributed by atoms with van der Waals surface area (Å²) in [6.07, 6.45) is 4.65. The van der Waals surface area contributed by atoms with E-state index in [1.165, 1.54) is 6.26 Å². The molecule has 0 radical (unpaired) electrons. The monoisotopic (exact) mass is 191 g/mol. The Bertz CT molecular complexity index is 235. The van der Waals surface area contributed by atoms with Gasteiger partial charge in [0.25, 0.3) is 0 Å². The molecule has 0 aromatic heterocycles. The van der Waals surface area contributed by atoms with E-state index in [1.807, 2.05) is 0 Å². The average Bonchev–Trinajstić information content (AvgIpc) is 2.35. The molecule has 0 aliphatic carbocycles. The van der Waals surface area contributed by atoms with Crippen molar-refractivity contribution in [3.05, 3.63) is 0 Å². The maximum Gasteiger partial charge on any atom is 0.211 e. The van der Waals surface area contributed by atoms with Crippen LogP contribution in [0.15, 0.2) is 0 Å². The van der Waals surface area contributed by atoms with Crippen molar-refractivity contribution in [2.24, 2.45) is 5.92 Å². The van der Waals surface area contributed by atoms with Gasteiger partial charge in [0, 0.05) is 13.1 Å². The maximum atomic E-state index is 11.1. The van der Waals surface area contributed by atoms with E-state index in [-0.39, 0.29) is 0 Å². The average molecular weight is 191 g/mol. The summed E-state index contributed by atoms with van der Waals surface area (Å²) in [6.45, 7) is 3.61. The van der Waals surface area contributed by atoms with Gasteiger partial charge in [0.2, 0.25) is 10.0 Å². The minimum absolute atomic E-state index is 0.602. The molecule has 1 heterocycles. The van der Waals surface area contributed by atoms with Crippen LogP contribution in [-0.4, -0.2) is 32.1 Å². The van der Waals surface area contributed by atoms with Crippen LogP contribution in [0.5, 0.6) is 0 Å². The van der Waals surface area contributed by atoms with Gasteiger partial charge in [-0.05, 0) is 18.8 Å². The number of rotatable bonds is 3. The Kier molecular flexibility index (Phi) is 3.12. The molecule has 0 aromatic carbocycles. The fourth-order valence-corrected chi connectivity index (χ4v) is 2.66. The molecule has 0 saturated carbocycles. The predicted molar refractivity (Wildman–Crippen MR) is 49.4 cm³/mol. The first-order chi connectivity index (χ1) is 5.54. The van der Waals surface area contributed by atoms with E-state index in [0.29, 0.717) is 5.92 Å². The summed E-state index contributed by atoms with van der Waals surface area (Å²) in [5.74, 6) is 0.602. The topological polar surface area (TPSA) is 37.4 Å². The van der Waals surface area contributed by atoms with Crippen molar-refractivity contribution in [1.82, 2.24) is 4.31 Å². The van der Waals surface area contributed by atoms with Gasteiger partial charge in [0.1, 0.15) is 0 Å². The van der Waals surface area contributed by atoms with Gasteiger partial charge in [0.05, 0.1) is 6.26 Å². The highest BCUT2D eigenvalue weighted by molar-refractivity contribution is 7.88. The fourth-order valence-electron chi connectivity index (χ4n) is 1.74. The summed E-state index contributed by atoms with van der Waals surface area (Å²) < 4.78 is 23.8. The quantitative estimate of drug-likeness (QED) is 0.669. The first-order valence-corrected chi connectivity index (χ1v) is 6.34. The Morgan fingerprint density at radius 1 is 1.50 bits per heavy atom. The summed E-state index contributed by atoms with van der Waals surface area (Å²) in [4.78, 5) is 0. The Morgan fingerprint density at radius 2 is 2.17 bits per heavy atom. The van der Waals surface area contributed by atoms with Crippen molar-refractivity contribution in [3.8, 4) is 0 Å². The minimum Gasteiger partial charge on any atom is -0.213 e. The SMILES string of the molecule is CCCC1CCN(S(C)(=O)=O)C1. The van der Waals surface area contributed by atoms with E-state index in [9.17, 15) is 8.42 Å². The Labute approximate surface area is 74.8 Å². The molecule has 1 aliphatic heterocycles. The van der Waals surface area contributed by atoms with Crippen molar-refractivity contribution < 1.29 is 8.42 Å². The first kappa shape index (κ1) is 9.99. The van der Waals surface area contributed by atoms with Crippen LogP contribution in [0.2, 0.25) is 0 Å². The van der Waals surface area contributed by atoms with Gasteiger partial charge in [-0.2, -0.15) is 0 Å². The van der Waals surface area contributed by atoms with Crippen LogP contribution in [0.4, 0.5) is 0 Å². The Balaban J connectivity index is 2.46. The van der Waals surface area contributed by atoms with Crippen LogP contribution in [0, 0.1) is 5.92 Å². The third-order valence-electron chi connectivity index (χ3n) is 2.41. The molecule has 0 aromatic rings. The Morgan fingerprint density at radius 3 is 2.58 bits per heavy atom. The highest BCUT2D eigenvalue weighted by Crippen LogP contribution is 2.22. The highest BCUT2D eigenvalue weighted by Gasteiger charge is 2.27. The lowest BCUT2D eigenvalue weighted by Gasteiger charge is -2.12. The van der Waals surface area contributed by atoms with E-state index in [1.54, 1.807) is 4.31 Å². The molecule has 1 atom stereocenters. The second kappa shape index (κ2) is 3.75.